The van der Waals surface area contributed by atoms with Gasteiger partial charge in [-0.2, -0.15) is 5.26 Å². The Morgan fingerprint density at radius 1 is 1.39 bits per heavy atom. The zero-order chi connectivity index (χ0) is 17.1. The van der Waals surface area contributed by atoms with Crippen molar-refractivity contribution < 1.29 is 9.53 Å². The average Bonchev–Trinajstić information content (AvgIpc) is 2.46. The fourth-order valence-corrected chi connectivity index (χ4v) is 2.92. The lowest BCUT2D eigenvalue weighted by Crippen LogP contribution is -2.33. The summed E-state index contributed by atoms with van der Waals surface area (Å²) in [4.78, 5) is 12.4. The Balaban J connectivity index is 2.66. The van der Waals surface area contributed by atoms with E-state index >= 15 is 0 Å². The van der Waals surface area contributed by atoms with E-state index in [9.17, 15) is 10.1 Å². The summed E-state index contributed by atoms with van der Waals surface area (Å²) in [6.45, 7) is 7.77. The van der Waals surface area contributed by atoms with Gasteiger partial charge in [-0.25, -0.2) is 4.79 Å². The lowest BCUT2D eigenvalue weighted by molar-refractivity contribution is -0.138. The van der Waals surface area contributed by atoms with Crippen molar-refractivity contribution in [1.82, 2.24) is 5.32 Å². The Bertz CT molecular complexity index is 754. The number of carbonyl (C=O) groups excluding carboxylic acids is 1. The first-order chi connectivity index (χ1) is 10.9. The van der Waals surface area contributed by atoms with E-state index in [4.69, 9.17) is 10.5 Å². The zero-order valence-electron chi connectivity index (χ0n) is 13.9. The molecule has 0 spiro atoms. The molecule has 0 aromatic heterocycles. The molecule has 5 heteroatoms. The molecule has 1 aliphatic heterocycles. The van der Waals surface area contributed by atoms with E-state index < -0.39 is 11.9 Å². The Morgan fingerprint density at radius 2 is 2.09 bits per heavy atom. The highest BCUT2D eigenvalue weighted by molar-refractivity contribution is 5.93. The number of nitriles is 1. The lowest BCUT2D eigenvalue weighted by Gasteiger charge is -2.29. The van der Waals surface area contributed by atoms with Gasteiger partial charge < -0.3 is 15.8 Å². The van der Waals surface area contributed by atoms with Crippen LogP contribution in [0.4, 0.5) is 0 Å². The number of benzene rings is 1. The van der Waals surface area contributed by atoms with Gasteiger partial charge in [0.2, 0.25) is 0 Å². The minimum absolute atomic E-state index is 0.274. The van der Waals surface area contributed by atoms with Crippen LogP contribution in [0.15, 0.2) is 40.9 Å². The second kappa shape index (κ2) is 6.57. The van der Waals surface area contributed by atoms with Crippen molar-refractivity contribution in [3.05, 3.63) is 57.6 Å². The molecule has 0 bridgehead atoms. The highest BCUT2D eigenvalue weighted by Gasteiger charge is 2.35. The van der Waals surface area contributed by atoms with Crippen LogP contribution in [0.3, 0.4) is 0 Å². The van der Waals surface area contributed by atoms with Crippen molar-refractivity contribution in [1.29, 1.82) is 5.26 Å². The van der Waals surface area contributed by atoms with Crippen LogP contribution in [0.1, 0.15) is 36.5 Å². The number of esters is 1. The quantitative estimate of drug-likeness (QED) is 0.837. The topological polar surface area (TPSA) is 88.1 Å². The van der Waals surface area contributed by atoms with Crippen molar-refractivity contribution >= 4 is 5.97 Å². The third-order valence-corrected chi connectivity index (χ3v) is 3.95. The molecule has 120 valence electrons. The van der Waals surface area contributed by atoms with Crippen molar-refractivity contribution in [2.24, 2.45) is 5.73 Å². The SMILES string of the molecule is CCOC(=O)C1=C(C)NC(N)=C(C#N)[C@H]1c1ccc(C)cc1C. The first-order valence-electron chi connectivity index (χ1n) is 7.52. The van der Waals surface area contributed by atoms with Gasteiger partial charge in [0.05, 0.1) is 29.7 Å². The molecule has 0 radical (unpaired) electrons. The van der Waals surface area contributed by atoms with E-state index in [1.54, 1.807) is 13.8 Å². The zero-order valence-corrected chi connectivity index (χ0v) is 13.9. The Labute approximate surface area is 136 Å². The fourth-order valence-electron chi connectivity index (χ4n) is 2.92. The first-order valence-corrected chi connectivity index (χ1v) is 7.52. The van der Waals surface area contributed by atoms with Gasteiger partial charge in [0.1, 0.15) is 5.82 Å². The Kier molecular flexibility index (Phi) is 4.75. The number of dihydropyridines is 1. The molecule has 0 saturated heterocycles. The molecule has 1 aromatic carbocycles. The third kappa shape index (κ3) is 3.07. The molecule has 5 nitrogen and oxygen atoms in total. The molecule has 0 aliphatic carbocycles. The fraction of sp³-hybridized carbons (Fsp3) is 0.333. The van der Waals surface area contributed by atoms with Gasteiger partial charge in [0.15, 0.2) is 0 Å². The van der Waals surface area contributed by atoms with E-state index in [0.29, 0.717) is 16.8 Å². The molecular formula is C18H21N3O2. The number of rotatable bonds is 3. The van der Waals surface area contributed by atoms with Gasteiger partial charge in [-0.3, -0.25) is 0 Å². The number of hydrogen-bond donors (Lipinski definition) is 2. The summed E-state index contributed by atoms with van der Waals surface area (Å²) < 4.78 is 5.19. The molecular weight excluding hydrogens is 290 g/mol. The van der Waals surface area contributed by atoms with Crippen LogP contribution < -0.4 is 11.1 Å². The summed E-state index contributed by atoms with van der Waals surface area (Å²) in [7, 11) is 0. The number of ether oxygens (including phenoxy) is 1. The maximum Gasteiger partial charge on any atom is 0.336 e. The van der Waals surface area contributed by atoms with Gasteiger partial charge in [-0.05, 0) is 38.8 Å². The van der Waals surface area contributed by atoms with Crippen LogP contribution in [0.25, 0.3) is 0 Å². The molecule has 0 unspecified atom stereocenters. The van der Waals surface area contributed by atoms with E-state index in [1.807, 2.05) is 32.0 Å². The number of carbonyl (C=O) groups is 1. The Hall–Kier alpha value is -2.74. The van der Waals surface area contributed by atoms with Crippen LogP contribution in [0.2, 0.25) is 0 Å². The van der Waals surface area contributed by atoms with E-state index in [2.05, 4.69) is 11.4 Å². The van der Waals surface area contributed by atoms with Gasteiger partial charge >= 0.3 is 5.97 Å². The molecule has 1 heterocycles. The normalized spacial score (nSPS) is 17.6. The van der Waals surface area contributed by atoms with Crippen molar-refractivity contribution in [2.45, 2.75) is 33.6 Å². The molecule has 1 atom stereocenters. The van der Waals surface area contributed by atoms with Crippen LogP contribution in [-0.4, -0.2) is 12.6 Å². The second-order valence-electron chi connectivity index (χ2n) is 5.62. The summed E-state index contributed by atoms with van der Waals surface area (Å²) in [6.07, 6.45) is 0. The number of hydrogen-bond acceptors (Lipinski definition) is 5. The summed E-state index contributed by atoms with van der Waals surface area (Å²) >= 11 is 0. The molecule has 1 aliphatic rings. The van der Waals surface area contributed by atoms with Crippen molar-refractivity contribution in [3.63, 3.8) is 0 Å². The molecule has 3 N–H and O–H groups in total. The Morgan fingerprint density at radius 3 is 2.65 bits per heavy atom. The second-order valence-corrected chi connectivity index (χ2v) is 5.62. The van der Waals surface area contributed by atoms with Crippen molar-refractivity contribution in [2.75, 3.05) is 6.61 Å². The summed E-state index contributed by atoms with van der Waals surface area (Å²) in [5, 5.41) is 12.5. The average molecular weight is 311 g/mol. The number of nitrogens with one attached hydrogen (secondary N) is 1. The molecule has 0 saturated carbocycles. The smallest absolute Gasteiger partial charge is 0.336 e. The molecule has 2 rings (SSSR count). The first kappa shape index (κ1) is 16.6. The highest BCUT2D eigenvalue weighted by Crippen LogP contribution is 2.38. The molecule has 1 aromatic rings. The van der Waals surface area contributed by atoms with Crippen LogP contribution in [0.5, 0.6) is 0 Å². The monoisotopic (exact) mass is 311 g/mol. The van der Waals surface area contributed by atoms with Gasteiger partial charge in [0.25, 0.3) is 0 Å². The number of allylic oxidation sites excluding steroid dienone is 2. The van der Waals surface area contributed by atoms with Crippen LogP contribution in [0, 0.1) is 25.2 Å². The van der Waals surface area contributed by atoms with Crippen LogP contribution >= 0.6 is 0 Å². The minimum atomic E-state index is -0.513. The predicted molar refractivity (Wildman–Crippen MR) is 88.0 cm³/mol. The largest absolute Gasteiger partial charge is 0.463 e. The lowest BCUT2D eigenvalue weighted by atomic mass is 9.80. The van der Waals surface area contributed by atoms with Crippen molar-refractivity contribution in [3.8, 4) is 6.07 Å². The van der Waals surface area contributed by atoms with Gasteiger partial charge in [0, 0.05) is 5.70 Å². The third-order valence-electron chi connectivity index (χ3n) is 3.95. The van der Waals surface area contributed by atoms with E-state index in [0.717, 1.165) is 16.7 Å². The van der Waals surface area contributed by atoms with E-state index in [-0.39, 0.29) is 12.4 Å². The molecule has 0 amide bonds. The number of nitrogens with two attached hydrogens (primary N) is 1. The standard InChI is InChI=1S/C18H21N3O2/c1-5-23-18(22)15-12(4)21-17(20)14(9-19)16(15)13-7-6-10(2)8-11(13)3/h6-8,16,21H,5,20H2,1-4H3/t16-/m1/s1. The van der Waals surface area contributed by atoms with Gasteiger partial charge in [-0.15, -0.1) is 0 Å². The maximum absolute atomic E-state index is 12.4. The minimum Gasteiger partial charge on any atom is -0.463 e. The van der Waals surface area contributed by atoms with Gasteiger partial charge in [-0.1, -0.05) is 23.8 Å². The summed E-state index contributed by atoms with van der Waals surface area (Å²) in [6, 6.07) is 8.08. The molecule has 0 fully saturated rings. The molecule has 23 heavy (non-hydrogen) atoms. The highest BCUT2D eigenvalue weighted by atomic mass is 16.5. The summed E-state index contributed by atoms with van der Waals surface area (Å²) in [5.41, 5.74) is 10.4. The van der Waals surface area contributed by atoms with E-state index in [1.165, 1.54) is 0 Å². The van der Waals surface area contributed by atoms with Crippen LogP contribution in [-0.2, 0) is 9.53 Å². The number of aryl methyl sites for hydroxylation is 2. The number of nitrogens with zero attached hydrogens (tertiary/aromatic N) is 1. The maximum atomic E-state index is 12.4. The summed E-state index contributed by atoms with van der Waals surface area (Å²) in [5.74, 6) is -0.661. The predicted octanol–water partition coefficient (Wildman–Crippen LogP) is 2.52.